The Bertz CT molecular complexity index is 253. The third-order valence-electron chi connectivity index (χ3n) is 1.34. The van der Waals surface area contributed by atoms with E-state index in [1.807, 2.05) is 5.32 Å². The number of carbonyl (C=O) groups is 3. The molecule has 0 unspecified atom stereocenters. The van der Waals surface area contributed by atoms with Crippen LogP contribution in [-0.4, -0.2) is 54.7 Å². The Morgan fingerprint density at radius 3 is 2.40 bits per heavy atom. The number of carboxylic acids is 1. The van der Waals surface area contributed by atoms with Crippen molar-refractivity contribution in [2.75, 3.05) is 26.7 Å². The molecule has 7 heteroatoms. The van der Waals surface area contributed by atoms with Crippen LogP contribution in [-0.2, 0) is 14.3 Å². The zero-order valence-corrected chi connectivity index (χ0v) is 8.65. The lowest BCUT2D eigenvalue weighted by Gasteiger charge is -2.12. The van der Waals surface area contributed by atoms with Crippen LogP contribution >= 0.6 is 0 Å². The summed E-state index contributed by atoms with van der Waals surface area (Å²) in [6, 6.07) is 0. The van der Waals surface area contributed by atoms with Crippen molar-refractivity contribution in [3.8, 4) is 0 Å². The number of ether oxygens (including phenoxy) is 1. The fraction of sp³-hybridized carbons (Fsp3) is 0.625. The second-order valence-electron chi connectivity index (χ2n) is 2.83. The molecule has 15 heavy (non-hydrogen) atoms. The van der Waals surface area contributed by atoms with E-state index in [2.05, 4.69) is 4.74 Å². The molecule has 2 N–H and O–H groups in total. The third kappa shape index (κ3) is 7.44. The number of imide groups is 1. The first kappa shape index (κ1) is 13.4. The molecule has 0 bridgehead atoms. The van der Waals surface area contributed by atoms with Crippen molar-refractivity contribution in [3.63, 3.8) is 0 Å². The molecule has 0 saturated carbocycles. The molecule has 0 saturated heterocycles. The lowest BCUT2D eigenvalue weighted by atomic mass is 10.5. The van der Waals surface area contributed by atoms with Gasteiger partial charge in [-0.05, 0) is 14.0 Å². The predicted octanol–water partition coefficient (Wildman–Crippen LogP) is -0.724. The molecule has 86 valence electrons. The molecular weight excluding hydrogens is 204 g/mol. The molecule has 0 fully saturated rings. The van der Waals surface area contributed by atoms with Crippen LogP contribution in [0.5, 0.6) is 0 Å². The summed E-state index contributed by atoms with van der Waals surface area (Å²) in [5.41, 5.74) is 0. The Balaban J connectivity index is 3.82. The normalized spacial score (nSPS) is 9.80. The average molecular weight is 218 g/mol. The van der Waals surface area contributed by atoms with Gasteiger partial charge in [0, 0.05) is 0 Å². The highest BCUT2D eigenvalue weighted by molar-refractivity contribution is 5.92. The van der Waals surface area contributed by atoms with E-state index in [0.717, 1.165) is 0 Å². The number of carboxylic acid groups (broad SMARTS) is 1. The molecule has 0 aliphatic carbocycles. The van der Waals surface area contributed by atoms with Crippen molar-refractivity contribution in [2.24, 2.45) is 0 Å². The molecule has 0 aliphatic heterocycles. The molecule has 7 nitrogen and oxygen atoms in total. The van der Waals surface area contributed by atoms with E-state index in [-0.39, 0.29) is 19.7 Å². The molecule has 0 radical (unpaired) electrons. The maximum absolute atomic E-state index is 11.1. The smallest absolute Gasteiger partial charge is 0.413 e. The Kier molecular flexibility index (Phi) is 6.03. The Labute approximate surface area is 87.0 Å². The van der Waals surface area contributed by atoms with Gasteiger partial charge in [0.1, 0.15) is 0 Å². The number of carbonyl (C=O) groups excluding carboxylic acids is 2. The Morgan fingerprint density at radius 1 is 1.33 bits per heavy atom. The van der Waals surface area contributed by atoms with E-state index in [4.69, 9.17) is 5.11 Å². The van der Waals surface area contributed by atoms with Gasteiger partial charge in [-0.15, -0.1) is 0 Å². The largest absolute Gasteiger partial charge is 0.480 e. The maximum Gasteiger partial charge on any atom is 0.413 e. The summed E-state index contributed by atoms with van der Waals surface area (Å²) in [5.74, 6) is -1.64. The van der Waals surface area contributed by atoms with Crippen molar-refractivity contribution in [3.05, 3.63) is 0 Å². The summed E-state index contributed by atoms with van der Waals surface area (Å²) in [6.07, 6.45) is -0.828. The number of amides is 2. The van der Waals surface area contributed by atoms with Gasteiger partial charge in [0.05, 0.1) is 19.7 Å². The lowest BCUT2D eigenvalue weighted by Crippen LogP contribution is -2.40. The molecule has 0 heterocycles. The van der Waals surface area contributed by atoms with Crippen molar-refractivity contribution >= 4 is 18.0 Å². The highest BCUT2D eigenvalue weighted by atomic mass is 16.5. The minimum Gasteiger partial charge on any atom is -0.480 e. The SMILES string of the molecule is CCOC(=O)NC(=O)CN(C)CC(=O)O. The Morgan fingerprint density at radius 2 is 1.93 bits per heavy atom. The number of nitrogens with zero attached hydrogens (tertiary/aromatic N) is 1. The van der Waals surface area contributed by atoms with Gasteiger partial charge in [-0.2, -0.15) is 0 Å². The standard InChI is InChI=1S/C8H14N2O5/c1-3-15-8(14)9-6(11)4-10(2)5-7(12)13/h3-5H2,1-2H3,(H,12,13)(H,9,11,14). The quantitative estimate of drug-likeness (QED) is 0.632. The van der Waals surface area contributed by atoms with Gasteiger partial charge >= 0.3 is 12.1 Å². The van der Waals surface area contributed by atoms with Gasteiger partial charge in [-0.3, -0.25) is 19.8 Å². The summed E-state index contributed by atoms with van der Waals surface area (Å²) in [6.45, 7) is 1.34. The molecule has 0 aromatic heterocycles. The molecule has 0 aromatic carbocycles. The van der Waals surface area contributed by atoms with Crippen LogP contribution in [0.25, 0.3) is 0 Å². The predicted molar refractivity (Wildman–Crippen MR) is 50.3 cm³/mol. The first-order chi connectivity index (χ1) is 6.95. The van der Waals surface area contributed by atoms with Crippen molar-refractivity contribution in [1.29, 1.82) is 0 Å². The van der Waals surface area contributed by atoms with E-state index in [1.165, 1.54) is 11.9 Å². The Hall–Kier alpha value is -1.63. The van der Waals surface area contributed by atoms with Crippen LogP contribution in [0, 0.1) is 0 Å². The molecule has 0 spiro atoms. The number of hydrogen-bond acceptors (Lipinski definition) is 5. The molecule has 0 aliphatic rings. The number of nitrogens with one attached hydrogen (secondary N) is 1. The zero-order chi connectivity index (χ0) is 11.8. The van der Waals surface area contributed by atoms with Gasteiger partial charge in [-0.1, -0.05) is 0 Å². The number of alkyl carbamates (subject to hydrolysis) is 1. The van der Waals surface area contributed by atoms with Gasteiger partial charge in [0.15, 0.2) is 0 Å². The number of rotatable bonds is 5. The lowest BCUT2D eigenvalue weighted by molar-refractivity contribution is -0.138. The van der Waals surface area contributed by atoms with E-state index in [1.54, 1.807) is 6.92 Å². The molecule has 0 aromatic rings. The summed E-state index contributed by atoms with van der Waals surface area (Å²) in [7, 11) is 1.46. The minimum atomic E-state index is -1.04. The summed E-state index contributed by atoms with van der Waals surface area (Å²) in [5, 5.41) is 10.3. The number of likely N-dealkylation sites (N-methyl/N-ethyl adjacent to an activating group) is 1. The van der Waals surface area contributed by atoms with Crippen LogP contribution < -0.4 is 5.32 Å². The zero-order valence-electron chi connectivity index (χ0n) is 8.65. The fourth-order valence-corrected chi connectivity index (χ4v) is 0.853. The fourth-order valence-electron chi connectivity index (χ4n) is 0.853. The first-order valence-electron chi connectivity index (χ1n) is 4.32. The van der Waals surface area contributed by atoms with Crippen LogP contribution in [0.2, 0.25) is 0 Å². The maximum atomic E-state index is 11.1. The van der Waals surface area contributed by atoms with Crippen LogP contribution in [0.3, 0.4) is 0 Å². The third-order valence-corrected chi connectivity index (χ3v) is 1.34. The number of aliphatic carboxylic acids is 1. The van der Waals surface area contributed by atoms with E-state index in [0.29, 0.717) is 0 Å². The van der Waals surface area contributed by atoms with Crippen LogP contribution in [0.4, 0.5) is 4.79 Å². The van der Waals surface area contributed by atoms with Crippen LogP contribution in [0.1, 0.15) is 6.92 Å². The van der Waals surface area contributed by atoms with E-state index >= 15 is 0 Å². The topological polar surface area (TPSA) is 95.9 Å². The van der Waals surface area contributed by atoms with Gasteiger partial charge in [0.25, 0.3) is 0 Å². The highest BCUT2D eigenvalue weighted by Gasteiger charge is 2.12. The van der Waals surface area contributed by atoms with E-state index in [9.17, 15) is 14.4 Å². The highest BCUT2D eigenvalue weighted by Crippen LogP contribution is 1.83. The molecule has 0 rings (SSSR count). The van der Waals surface area contributed by atoms with Gasteiger partial charge in [-0.25, -0.2) is 4.79 Å². The second-order valence-corrected chi connectivity index (χ2v) is 2.83. The summed E-state index contributed by atoms with van der Waals surface area (Å²) < 4.78 is 4.47. The van der Waals surface area contributed by atoms with Crippen molar-refractivity contribution in [1.82, 2.24) is 10.2 Å². The van der Waals surface area contributed by atoms with Gasteiger partial charge in [0.2, 0.25) is 5.91 Å². The van der Waals surface area contributed by atoms with Crippen molar-refractivity contribution < 1.29 is 24.2 Å². The minimum absolute atomic E-state index is 0.171. The second kappa shape index (κ2) is 6.77. The average Bonchev–Trinajstić information content (AvgIpc) is 2.00. The number of hydrogen-bond donors (Lipinski definition) is 2. The molecule has 2 amide bonds. The van der Waals surface area contributed by atoms with Crippen LogP contribution in [0.15, 0.2) is 0 Å². The van der Waals surface area contributed by atoms with Gasteiger partial charge < -0.3 is 9.84 Å². The van der Waals surface area contributed by atoms with Crippen molar-refractivity contribution in [2.45, 2.75) is 6.92 Å². The van der Waals surface area contributed by atoms with E-state index < -0.39 is 18.0 Å². The monoisotopic (exact) mass is 218 g/mol. The first-order valence-corrected chi connectivity index (χ1v) is 4.32. The summed E-state index contributed by atoms with van der Waals surface area (Å²) in [4.78, 5) is 33.4. The molecule has 0 atom stereocenters. The molecular formula is C8H14N2O5. The summed E-state index contributed by atoms with van der Waals surface area (Å²) >= 11 is 0.